The van der Waals surface area contributed by atoms with Crippen molar-refractivity contribution in [3.63, 3.8) is 0 Å². The molecule has 0 aliphatic rings. The van der Waals surface area contributed by atoms with Crippen LogP contribution in [0.5, 0.6) is 0 Å². The molecule has 6 nitrogen and oxygen atoms in total. The summed E-state index contributed by atoms with van der Waals surface area (Å²) >= 11 is 0. The van der Waals surface area contributed by atoms with Gasteiger partial charge in [-0.05, 0) is 37.1 Å². The summed E-state index contributed by atoms with van der Waals surface area (Å²) in [5, 5.41) is 10.9. The largest absolute Gasteiger partial charge is 0.416 e. The number of alkyl halides is 3. The number of nitrogens with zero attached hydrogens (tertiary/aromatic N) is 1. The zero-order valence-electron chi connectivity index (χ0n) is 13.6. The lowest BCUT2D eigenvalue weighted by Gasteiger charge is -2.10. The van der Waals surface area contributed by atoms with Crippen molar-refractivity contribution < 1.29 is 26.5 Å². The number of sulfonamides is 1. The molecule has 2 aromatic rings. The first-order chi connectivity index (χ1) is 12.0. The molecule has 0 unspecified atom stereocenters. The van der Waals surface area contributed by atoms with Gasteiger partial charge in [0.25, 0.3) is 5.69 Å². The standard InChI is InChI=1S/C16H15F3N2O4S/c1-11-14(21(22)23)3-2-4-15(11)26(24,25)20-10-9-12-5-7-13(8-6-12)16(17,18)19/h2-8,20H,9-10H2,1H3. The Morgan fingerprint density at radius 3 is 2.27 bits per heavy atom. The first-order valence-corrected chi connectivity index (χ1v) is 8.90. The van der Waals surface area contributed by atoms with Crippen LogP contribution in [-0.2, 0) is 22.6 Å². The highest BCUT2D eigenvalue weighted by Gasteiger charge is 2.30. The average Bonchev–Trinajstić information content (AvgIpc) is 2.54. The molecule has 0 saturated heterocycles. The Bertz CT molecular complexity index is 910. The van der Waals surface area contributed by atoms with Crippen molar-refractivity contribution in [2.45, 2.75) is 24.4 Å². The second-order valence-electron chi connectivity index (χ2n) is 5.50. The normalized spacial score (nSPS) is 12.2. The Labute approximate surface area is 147 Å². The van der Waals surface area contributed by atoms with E-state index >= 15 is 0 Å². The van der Waals surface area contributed by atoms with E-state index in [0.717, 1.165) is 12.1 Å². The summed E-state index contributed by atoms with van der Waals surface area (Å²) in [4.78, 5) is 10.0. The van der Waals surface area contributed by atoms with Gasteiger partial charge in [0.05, 0.1) is 15.4 Å². The number of nitrogens with one attached hydrogen (secondary N) is 1. The predicted octanol–water partition coefficient (Wildman–Crippen LogP) is 3.44. The molecule has 2 aromatic carbocycles. The average molecular weight is 388 g/mol. The lowest BCUT2D eigenvalue weighted by atomic mass is 10.1. The number of rotatable bonds is 6. The van der Waals surface area contributed by atoms with Gasteiger partial charge >= 0.3 is 6.18 Å². The highest BCUT2D eigenvalue weighted by molar-refractivity contribution is 7.89. The monoisotopic (exact) mass is 388 g/mol. The highest BCUT2D eigenvalue weighted by Crippen LogP contribution is 2.29. The van der Waals surface area contributed by atoms with Gasteiger partial charge in [0.1, 0.15) is 0 Å². The molecule has 0 fully saturated rings. The maximum absolute atomic E-state index is 12.5. The number of hydrogen-bond donors (Lipinski definition) is 1. The number of hydrogen-bond acceptors (Lipinski definition) is 4. The molecule has 0 spiro atoms. The van der Waals surface area contributed by atoms with Crippen LogP contribution in [0.1, 0.15) is 16.7 Å². The third-order valence-electron chi connectivity index (χ3n) is 3.73. The van der Waals surface area contributed by atoms with Gasteiger partial charge in [0, 0.05) is 18.2 Å². The van der Waals surface area contributed by atoms with E-state index < -0.39 is 26.7 Å². The van der Waals surface area contributed by atoms with Gasteiger partial charge in [0.15, 0.2) is 0 Å². The van der Waals surface area contributed by atoms with Crippen LogP contribution in [0.4, 0.5) is 18.9 Å². The zero-order valence-corrected chi connectivity index (χ0v) is 14.4. The maximum Gasteiger partial charge on any atom is 0.416 e. The van der Waals surface area contributed by atoms with Crippen LogP contribution in [0.2, 0.25) is 0 Å². The third kappa shape index (κ3) is 4.58. The van der Waals surface area contributed by atoms with E-state index in [4.69, 9.17) is 0 Å². The quantitative estimate of drug-likeness (QED) is 0.606. The molecule has 0 aromatic heterocycles. The zero-order chi connectivity index (χ0) is 19.5. The molecule has 0 radical (unpaired) electrons. The molecule has 0 amide bonds. The summed E-state index contributed by atoms with van der Waals surface area (Å²) in [7, 11) is -3.98. The maximum atomic E-state index is 12.5. The molecule has 0 heterocycles. The minimum absolute atomic E-state index is 0.0135. The number of nitro groups is 1. The molecule has 26 heavy (non-hydrogen) atoms. The van der Waals surface area contributed by atoms with Gasteiger partial charge in [-0.25, -0.2) is 13.1 Å². The summed E-state index contributed by atoms with van der Waals surface area (Å²) in [6.07, 6.45) is -4.26. The minimum atomic E-state index is -4.43. The lowest BCUT2D eigenvalue weighted by molar-refractivity contribution is -0.385. The number of nitro benzene ring substituents is 1. The van der Waals surface area contributed by atoms with E-state index in [1.165, 1.54) is 37.3 Å². The fourth-order valence-electron chi connectivity index (χ4n) is 2.36. The van der Waals surface area contributed by atoms with Crippen LogP contribution in [0.3, 0.4) is 0 Å². The third-order valence-corrected chi connectivity index (χ3v) is 5.33. The molecular weight excluding hydrogens is 373 g/mol. The minimum Gasteiger partial charge on any atom is -0.258 e. The molecule has 1 N–H and O–H groups in total. The molecule has 0 aliphatic heterocycles. The van der Waals surface area contributed by atoms with Crippen molar-refractivity contribution in [1.82, 2.24) is 4.72 Å². The molecule has 140 valence electrons. The van der Waals surface area contributed by atoms with Crippen LogP contribution in [-0.4, -0.2) is 19.9 Å². The number of benzene rings is 2. The Morgan fingerprint density at radius 1 is 1.12 bits per heavy atom. The van der Waals surface area contributed by atoms with Gasteiger partial charge in [-0.2, -0.15) is 13.2 Å². The lowest BCUT2D eigenvalue weighted by Crippen LogP contribution is -2.26. The number of halogens is 3. The Kier molecular flexibility index (Phi) is 5.67. The molecule has 2 rings (SSSR count). The second-order valence-corrected chi connectivity index (χ2v) is 7.24. The van der Waals surface area contributed by atoms with Crippen molar-refractivity contribution in [1.29, 1.82) is 0 Å². The molecule has 0 saturated carbocycles. The fraction of sp³-hybridized carbons (Fsp3) is 0.250. The van der Waals surface area contributed by atoms with E-state index in [0.29, 0.717) is 5.56 Å². The van der Waals surface area contributed by atoms with E-state index in [1.807, 2.05) is 0 Å². The van der Waals surface area contributed by atoms with Crippen LogP contribution in [0, 0.1) is 17.0 Å². The Hall–Kier alpha value is -2.46. The van der Waals surface area contributed by atoms with Crippen LogP contribution >= 0.6 is 0 Å². The van der Waals surface area contributed by atoms with Crippen molar-refractivity contribution >= 4 is 15.7 Å². The Balaban J connectivity index is 2.07. The molecule has 0 atom stereocenters. The molecular formula is C16H15F3N2O4S. The van der Waals surface area contributed by atoms with Gasteiger partial charge in [-0.15, -0.1) is 0 Å². The SMILES string of the molecule is Cc1c([N+](=O)[O-])cccc1S(=O)(=O)NCCc1ccc(C(F)(F)F)cc1. The summed E-state index contributed by atoms with van der Waals surface area (Å²) in [5.74, 6) is 0. The van der Waals surface area contributed by atoms with Crippen molar-refractivity contribution in [2.24, 2.45) is 0 Å². The van der Waals surface area contributed by atoms with Crippen molar-refractivity contribution in [3.05, 3.63) is 69.3 Å². The van der Waals surface area contributed by atoms with Gasteiger partial charge in [0.2, 0.25) is 10.0 Å². The fourth-order valence-corrected chi connectivity index (χ4v) is 3.65. The first-order valence-electron chi connectivity index (χ1n) is 7.42. The Morgan fingerprint density at radius 2 is 1.73 bits per heavy atom. The van der Waals surface area contributed by atoms with Gasteiger partial charge in [-0.1, -0.05) is 18.2 Å². The molecule has 0 aliphatic carbocycles. The van der Waals surface area contributed by atoms with E-state index in [1.54, 1.807) is 0 Å². The molecule has 0 bridgehead atoms. The summed E-state index contributed by atoms with van der Waals surface area (Å²) in [6, 6.07) is 8.13. The van der Waals surface area contributed by atoms with Crippen LogP contribution in [0.25, 0.3) is 0 Å². The van der Waals surface area contributed by atoms with Gasteiger partial charge < -0.3 is 0 Å². The summed E-state index contributed by atoms with van der Waals surface area (Å²) < 4.78 is 64.5. The summed E-state index contributed by atoms with van der Waals surface area (Å²) in [5.41, 5.74) is -0.555. The first kappa shape index (κ1) is 19.9. The van der Waals surface area contributed by atoms with Crippen LogP contribution < -0.4 is 4.72 Å². The van der Waals surface area contributed by atoms with Gasteiger partial charge in [-0.3, -0.25) is 10.1 Å². The topological polar surface area (TPSA) is 89.3 Å². The van der Waals surface area contributed by atoms with Crippen LogP contribution in [0.15, 0.2) is 47.4 Å². The van der Waals surface area contributed by atoms with E-state index in [2.05, 4.69) is 4.72 Å². The smallest absolute Gasteiger partial charge is 0.258 e. The summed E-state index contributed by atoms with van der Waals surface area (Å²) in [6.45, 7) is 1.28. The van der Waals surface area contributed by atoms with Crippen molar-refractivity contribution in [3.8, 4) is 0 Å². The predicted molar refractivity (Wildman–Crippen MR) is 88.2 cm³/mol. The molecule has 10 heteroatoms. The second kappa shape index (κ2) is 7.42. The van der Waals surface area contributed by atoms with E-state index in [-0.39, 0.29) is 29.1 Å². The van der Waals surface area contributed by atoms with E-state index in [9.17, 15) is 31.7 Å². The van der Waals surface area contributed by atoms with Crippen molar-refractivity contribution in [2.75, 3.05) is 6.54 Å². The highest BCUT2D eigenvalue weighted by atomic mass is 32.2.